The van der Waals surface area contributed by atoms with Crippen molar-refractivity contribution in [2.75, 3.05) is 26.7 Å². The molecule has 2 aliphatic rings. The molecular formula is C18H28N2. The molecule has 2 atom stereocenters. The van der Waals surface area contributed by atoms with Crippen molar-refractivity contribution in [2.24, 2.45) is 11.3 Å². The Morgan fingerprint density at radius 1 is 1.30 bits per heavy atom. The van der Waals surface area contributed by atoms with E-state index in [2.05, 4.69) is 55.4 Å². The van der Waals surface area contributed by atoms with E-state index >= 15 is 0 Å². The molecule has 1 aliphatic heterocycles. The summed E-state index contributed by atoms with van der Waals surface area (Å²) in [6.07, 6.45) is 3.94. The van der Waals surface area contributed by atoms with Gasteiger partial charge in [-0.05, 0) is 61.9 Å². The maximum Gasteiger partial charge on any atom is 0.0377 e. The van der Waals surface area contributed by atoms with Crippen LogP contribution in [-0.2, 0) is 6.42 Å². The van der Waals surface area contributed by atoms with Crippen LogP contribution < -0.4 is 5.32 Å². The van der Waals surface area contributed by atoms with Gasteiger partial charge in [-0.15, -0.1) is 0 Å². The molecule has 1 aromatic rings. The summed E-state index contributed by atoms with van der Waals surface area (Å²) in [4.78, 5) is 2.48. The number of hydrogen-bond donors (Lipinski definition) is 1. The van der Waals surface area contributed by atoms with Gasteiger partial charge in [-0.25, -0.2) is 0 Å². The van der Waals surface area contributed by atoms with Crippen molar-refractivity contribution in [1.82, 2.24) is 10.2 Å². The number of likely N-dealkylation sites (tertiary alicyclic amines) is 1. The Bertz CT molecular complexity index is 466. The molecule has 1 saturated heterocycles. The number of rotatable bonds is 3. The number of benzene rings is 1. The van der Waals surface area contributed by atoms with Crippen molar-refractivity contribution < 1.29 is 0 Å². The van der Waals surface area contributed by atoms with Crippen molar-refractivity contribution in [3.63, 3.8) is 0 Å². The molecule has 0 aromatic heterocycles. The first-order chi connectivity index (χ1) is 9.56. The summed E-state index contributed by atoms with van der Waals surface area (Å²) in [6.45, 7) is 8.48. The monoisotopic (exact) mass is 272 g/mol. The van der Waals surface area contributed by atoms with E-state index in [1.54, 1.807) is 0 Å². The third kappa shape index (κ3) is 2.77. The molecule has 1 N–H and O–H groups in total. The number of fused-ring (bicyclic) bond motifs is 1. The molecule has 2 heteroatoms. The lowest BCUT2D eigenvalue weighted by molar-refractivity contribution is 0.187. The maximum absolute atomic E-state index is 3.89. The highest BCUT2D eigenvalue weighted by Crippen LogP contribution is 2.45. The lowest BCUT2D eigenvalue weighted by Crippen LogP contribution is -2.40. The standard InChI is InChI=1S/C18H28N2/c1-18(2)11-15-8-4-5-9-16(15)17(18)19-12-14-7-6-10-20(3)13-14/h4-5,8-9,14,17,19H,6-7,10-13H2,1-3H3. The molecule has 2 unspecified atom stereocenters. The van der Waals surface area contributed by atoms with Crippen molar-refractivity contribution in [2.45, 2.75) is 39.2 Å². The lowest BCUT2D eigenvalue weighted by atomic mass is 9.85. The lowest BCUT2D eigenvalue weighted by Gasteiger charge is -2.34. The number of nitrogens with one attached hydrogen (secondary N) is 1. The molecule has 3 rings (SSSR count). The van der Waals surface area contributed by atoms with Crippen LogP contribution in [0.4, 0.5) is 0 Å². The van der Waals surface area contributed by atoms with Gasteiger partial charge in [0.1, 0.15) is 0 Å². The molecule has 1 aliphatic carbocycles. The molecule has 0 bridgehead atoms. The summed E-state index contributed by atoms with van der Waals surface area (Å²) in [5.41, 5.74) is 3.40. The first-order valence-electron chi connectivity index (χ1n) is 8.06. The topological polar surface area (TPSA) is 15.3 Å². The minimum absolute atomic E-state index is 0.338. The van der Waals surface area contributed by atoms with Gasteiger partial charge >= 0.3 is 0 Å². The van der Waals surface area contributed by atoms with Crippen LogP contribution >= 0.6 is 0 Å². The van der Waals surface area contributed by atoms with Crippen LogP contribution in [0.15, 0.2) is 24.3 Å². The van der Waals surface area contributed by atoms with Crippen LogP contribution in [0, 0.1) is 11.3 Å². The predicted octanol–water partition coefficient (Wildman–Crippen LogP) is 3.24. The molecule has 20 heavy (non-hydrogen) atoms. The number of nitrogens with zero attached hydrogens (tertiary/aromatic N) is 1. The highest BCUT2D eigenvalue weighted by atomic mass is 15.1. The molecule has 0 amide bonds. The van der Waals surface area contributed by atoms with Crippen LogP contribution in [0.25, 0.3) is 0 Å². The fraction of sp³-hybridized carbons (Fsp3) is 0.667. The van der Waals surface area contributed by atoms with E-state index in [1.807, 2.05) is 0 Å². The average Bonchev–Trinajstić information content (AvgIpc) is 2.66. The van der Waals surface area contributed by atoms with Crippen molar-refractivity contribution in [3.05, 3.63) is 35.4 Å². The molecular weight excluding hydrogens is 244 g/mol. The molecule has 1 fully saturated rings. The van der Waals surface area contributed by atoms with Gasteiger partial charge in [0.15, 0.2) is 0 Å². The summed E-state index contributed by atoms with van der Waals surface area (Å²) in [6, 6.07) is 9.49. The fourth-order valence-electron chi connectivity index (χ4n) is 4.10. The SMILES string of the molecule is CN1CCCC(CNC2c3ccccc3CC2(C)C)C1. The zero-order valence-electron chi connectivity index (χ0n) is 13.2. The molecule has 1 aromatic carbocycles. The Kier molecular flexibility index (Phi) is 3.87. The Labute approximate surface area is 123 Å². The molecule has 0 radical (unpaired) electrons. The molecule has 1 heterocycles. The molecule has 110 valence electrons. The molecule has 0 spiro atoms. The fourth-order valence-corrected chi connectivity index (χ4v) is 4.10. The van der Waals surface area contributed by atoms with Crippen molar-refractivity contribution in [3.8, 4) is 0 Å². The van der Waals surface area contributed by atoms with Gasteiger partial charge < -0.3 is 10.2 Å². The second-order valence-electron chi connectivity index (χ2n) is 7.48. The summed E-state index contributed by atoms with van der Waals surface area (Å²) >= 11 is 0. The Balaban J connectivity index is 1.67. The minimum atomic E-state index is 0.338. The first-order valence-corrected chi connectivity index (χ1v) is 8.06. The van der Waals surface area contributed by atoms with Crippen LogP contribution in [0.3, 0.4) is 0 Å². The maximum atomic E-state index is 3.89. The predicted molar refractivity (Wildman–Crippen MR) is 84.9 cm³/mol. The van der Waals surface area contributed by atoms with Gasteiger partial charge in [-0.1, -0.05) is 38.1 Å². The van der Waals surface area contributed by atoms with Crippen LogP contribution in [0.5, 0.6) is 0 Å². The van der Waals surface area contributed by atoms with Crippen molar-refractivity contribution >= 4 is 0 Å². The Morgan fingerprint density at radius 2 is 2.10 bits per heavy atom. The zero-order chi connectivity index (χ0) is 14.2. The smallest absolute Gasteiger partial charge is 0.0377 e. The number of piperidine rings is 1. The van der Waals surface area contributed by atoms with Gasteiger partial charge in [0.25, 0.3) is 0 Å². The third-order valence-electron chi connectivity index (χ3n) is 5.13. The normalized spacial score (nSPS) is 29.4. The van der Waals surface area contributed by atoms with E-state index in [-0.39, 0.29) is 0 Å². The number of hydrogen-bond acceptors (Lipinski definition) is 2. The molecule has 0 saturated carbocycles. The highest BCUT2D eigenvalue weighted by molar-refractivity contribution is 5.37. The van der Waals surface area contributed by atoms with E-state index in [4.69, 9.17) is 0 Å². The van der Waals surface area contributed by atoms with Crippen LogP contribution in [0.1, 0.15) is 43.9 Å². The molecule has 2 nitrogen and oxygen atoms in total. The minimum Gasteiger partial charge on any atom is -0.309 e. The average molecular weight is 272 g/mol. The third-order valence-corrected chi connectivity index (χ3v) is 5.13. The van der Waals surface area contributed by atoms with E-state index in [9.17, 15) is 0 Å². The van der Waals surface area contributed by atoms with Gasteiger partial charge in [0.2, 0.25) is 0 Å². The summed E-state index contributed by atoms with van der Waals surface area (Å²) in [5.74, 6) is 0.817. The van der Waals surface area contributed by atoms with E-state index in [1.165, 1.54) is 43.5 Å². The van der Waals surface area contributed by atoms with Crippen LogP contribution in [0.2, 0.25) is 0 Å². The largest absolute Gasteiger partial charge is 0.309 e. The van der Waals surface area contributed by atoms with Gasteiger partial charge in [-0.2, -0.15) is 0 Å². The van der Waals surface area contributed by atoms with E-state index in [0.717, 1.165) is 12.5 Å². The van der Waals surface area contributed by atoms with E-state index < -0.39 is 0 Å². The van der Waals surface area contributed by atoms with Crippen molar-refractivity contribution in [1.29, 1.82) is 0 Å². The second kappa shape index (κ2) is 5.50. The highest BCUT2D eigenvalue weighted by Gasteiger charge is 2.38. The summed E-state index contributed by atoms with van der Waals surface area (Å²) < 4.78 is 0. The van der Waals surface area contributed by atoms with Gasteiger partial charge in [0, 0.05) is 12.6 Å². The van der Waals surface area contributed by atoms with Crippen LogP contribution in [-0.4, -0.2) is 31.6 Å². The summed E-state index contributed by atoms with van der Waals surface area (Å²) in [5, 5.41) is 3.89. The first kappa shape index (κ1) is 14.1. The summed E-state index contributed by atoms with van der Waals surface area (Å²) in [7, 11) is 2.25. The second-order valence-corrected chi connectivity index (χ2v) is 7.48. The zero-order valence-corrected chi connectivity index (χ0v) is 13.2. The van der Waals surface area contributed by atoms with Gasteiger partial charge in [0.05, 0.1) is 0 Å². The van der Waals surface area contributed by atoms with E-state index in [0.29, 0.717) is 11.5 Å². The van der Waals surface area contributed by atoms with Gasteiger partial charge in [-0.3, -0.25) is 0 Å². The Hall–Kier alpha value is -0.860. The Morgan fingerprint density at radius 3 is 2.90 bits per heavy atom. The quantitative estimate of drug-likeness (QED) is 0.908.